The molecule has 1 amide bonds. The predicted molar refractivity (Wildman–Crippen MR) is 66.3 cm³/mol. The van der Waals surface area contributed by atoms with Crippen LogP contribution in [0.1, 0.15) is 24.2 Å². The fourth-order valence-corrected chi connectivity index (χ4v) is 1.78. The van der Waals surface area contributed by atoms with Crippen LogP contribution in [0, 0.1) is 5.92 Å². The lowest BCUT2D eigenvalue weighted by Crippen LogP contribution is -2.44. The Kier molecular flexibility index (Phi) is 3.59. The van der Waals surface area contributed by atoms with Crippen LogP contribution in [0.15, 0.2) is 18.2 Å². The number of nitrogens with one attached hydrogen (secondary N) is 1. The van der Waals surface area contributed by atoms with Gasteiger partial charge in [0, 0.05) is 5.56 Å². The van der Waals surface area contributed by atoms with Crippen molar-refractivity contribution in [3.8, 4) is 11.5 Å². The van der Waals surface area contributed by atoms with Crippen LogP contribution in [0.2, 0.25) is 0 Å². The predicted octanol–water partition coefficient (Wildman–Crippen LogP) is 1.25. The molecule has 0 spiro atoms. The molecule has 1 atom stereocenters. The quantitative estimate of drug-likeness (QED) is 0.856. The Morgan fingerprint density at radius 2 is 1.95 bits per heavy atom. The first-order chi connectivity index (χ1) is 8.99. The third kappa shape index (κ3) is 2.78. The molecule has 0 aliphatic carbocycles. The van der Waals surface area contributed by atoms with Gasteiger partial charge in [0.15, 0.2) is 11.5 Å². The number of rotatable bonds is 4. The highest BCUT2D eigenvalue weighted by Crippen LogP contribution is 2.32. The smallest absolute Gasteiger partial charge is 0.326 e. The zero-order valence-electron chi connectivity index (χ0n) is 10.7. The van der Waals surface area contributed by atoms with Crippen molar-refractivity contribution in [3.05, 3.63) is 23.8 Å². The highest BCUT2D eigenvalue weighted by atomic mass is 16.7. The molecule has 1 aromatic carbocycles. The number of carbonyl (C=O) groups excluding carboxylic acids is 1. The molecule has 0 radical (unpaired) electrons. The van der Waals surface area contributed by atoms with Gasteiger partial charge in [-0.25, -0.2) is 4.79 Å². The van der Waals surface area contributed by atoms with Crippen molar-refractivity contribution in [1.82, 2.24) is 5.32 Å². The van der Waals surface area contributed by atoms with Crippen molar-refractivity contribution in [2.45, 2.75) is 19.9 Å². The molecule has 1 unspecified atom stereocenters. The van der Waals surface area contributed by atoms with Crippen LogP contribution in [0.5, 0.6) is 11.5 Å². The van der Waals surface area contributed by atoms with Gasteiger partial charge in [-0.15, -0.1) is 0 Å². The van der Waals surface area contributed by atoms with Gasteiger partial charge in [0.1, 0.15) is 6.04 Å². The number of carbonyl (C=O) groups is 2. The van der Waals surface area contributed by atoms with Gasteiger partial charge in [-0.3, -0.25) is 4.79 Å². The summed E-state index contributed by atoms with van der Waals surface area (Å²) in [5.74, 6) is -0.627. The molecule has 1 aromatic rings. The van der Waals surface area contributed by atoms with Crippen LogP contribution >= 0.6 is 0 Å². The lowest BCUT2D eigenvalue weighted by molar-refractivity contribution is -0.140. The molecule has 19 heavy (non-hydrogen) atoms. The fraction of sp³-hybridized carbons (Fsp3) is 0.385. The third-order valence-electron chi connectivity index (χ3n) is 2.85. The number of ether oxygens (including phenoxy) is 2. The Balaban J connectivity index is 2.13. The average molecular weight is 265 g/mol. The molecule has 6 nitrogen and oxygen atoms in total. The molecule has 0 saturated heterocycles. The second-order valence-electron chi connectivity index (χ2n) is 4.60. The molecular formula is C13H15NO5. The van der Waals surface area contributed by atoms with Crippen molar-refractivity contribution in [2.24, 2.45) is 5.92 Å². The summed E-state index contributed by atoms with van der Waals surface area (Å²) in [6.45, 7) is 3.60. The molecular weight excluding hydrogens is 250 g/mol. The topological polar surface area (TPSA) is 84.9 Å². The van der Waals surface area contributed by atoms with Crippen molar-refractivity contribution in [1.29, 1.82) is 0 Å². The van der Waals surface area contributed by atoms with E-state index in [-0.39, 0.29) is 12.7 Å². The van der Waals surface area contributed by atoms with Crippen molar-refractivity contribution < 1.29 is 24.2 Å². The molecule has 6 heteroatoms. The first-order valence-corrected chi connectivity index (χ1v) is 5.92. The number of aliphatic carboxylic acids is 1. The highest BCUT2D eigenvalue weighted by Gasteiger charge is 2.24. The van der Waals surface area contributed by atoms with Crippen LogP contribution in [0.3, 0.4) is 0 Å². The largest absolute Gasteiger partial charge is 0.480 e. The van der Waals surface area contributed by atoms with Crippen LogP contribution in [0.25, 0.3) is 0 Å². The summed E-state index contributed by atoms with van der Waals surface area (Å²) in [5, 5.41) is 11.5. The van der Waals surface area contributed by atoms with Gasteiger partial charge in [-0.05, 0) is 24.1 Å². The van der Waals surface area contributed by atoms with Crippen LogP contribution in [-0.4, -0.2) is 29.8 Å². The summed E-state index contributed by atoms with van der Waals surface area (Å²) in [7, 11) is 0. The number of hydrogen-bond acceptors (Lipinski definition) is 4. The molecule has 1 aliphatic heterocycles. The van der Waals surface area contributed by atoms with Gasteiger partial charge >= 0.3 is 5.97 Å². The molecule has 0 fully saturated rings. The Hall–Kier alpha value is -2.24. The van der Waals surface area contributed by atoms with E-state index in [2.05, 4.69) is 5.32 Å². The van der Waals surface area contributed by atoms with E-state index in [1.807, 2.05) is 0 Å². The minimum Gasteiger partial charge on any atom is -0.480 e. The second-order valence-corrected chi connectivity index (χ2v) is 4.60. The minimum absolute atomic E-state index is 0.129. The number of carboxylic acids is 1. The first-order valence-electron chi connectivity index (χ1n) is 5.92. The molecule has 2 rings (SSSR count). The van der Waals surface area contributed by atoms with E-state index < -0.39 is 17.9 Å². The number of fused-ring (bicyclic) bond motifs is 1. The van der Waals surface area contributed by atoms with Crippen molar-refractivity contribution in [3.63, 3.8) is 0 Å². The summed E-state index contributed by atoms with van der Waals surface area (Å²) < 4.78 is 10.3. The maximum atomic E-state index is 12.0. The average Bonchev–Trinajstić information content (AvgIpc) is 2.81. The number of benzene rings is 1. The lowest BCUT2D eigenvalue weighted by Gasteiger charge is -2.17. The van der Waals surface area contributed by atoms with Gasteiger partial charge < -0.3 is 19.9 Å². The zero-order chi connectivity index (χ0) is 14.0. The maximum absolute atomic E-state index is 12.0. The van der Waals surface area contributed by atoms with Gasteiger partial charge in [0.2, 0.25) is 6.79 Å². The summed E-state index contributed by atoms with van der Waals surface area (Å²) in [6.07, 6.45) is 0. The standard InChI is InChI=1S/C13H15NO5/c1-7(2)11(13(16)17)14-12(15)8-3-4-9-10(5-8)19-6-18-9/h3-5,7,11H,6H2,1-2H3,(H,14,15)(H,16,17). The molecule has 102 valence electrons. The number of hydrogen-bond donors (Lipinski definition) is 2. The second kappa shape index (κ2) is 5.17. The summed E-state index contributed by atoms with van der Waals surface area (Å²) in [6, 6.07) is 3.82. The van der Waals surface area contributed by atoms with Gasteiger partial charge in [0.25, 0.3) is 5.91 Å². The molecule has 2 N–H and O–H groups in total. The van der Waals surface area contributed by atoms with E-state index in [9.17, 15) is 9.59 Å². The lowest BCUT2D eigenvalue weighted by atomic mass is 10.0. The van der Waals surface area contributed by atoms with Gasteiger partial charge in [0.05, 0.1) is 0 Å². The van der Waals surface area contributed by atoms with E-state index in [0.717, 1.165) is 0 Å². The summed E-state index contributed by atoms with van der Waals surface area (Å²) in [4.78, 5) is 23.0. The van der Waals surface area contributed by atoms with E-state index in [4.69, 9.17) is 14.6 Å². The van der Waals surface area contributed by atoms with Crippen LogP contribution in [-0.2, 0) is 4.79 Å². The molecule has 0 bridgehead atoms. The van der Waals surface area contributed by atoms with Crippen LogP contribution in [0.4, 0.5) is 0 Å². The SMILES string of the molecule is CC(C)C(NC(=O)c1ccc2c(c1)OCO2)C(=O)O. The van der Waals surface area contributed by atoms with Crippen molar-refractivity contribution >= 4 is 11.9 Å². The van der Waals surface area contributed by atoms with Crippen molar-refractivity contribution in [2.75, 3.05) is 6.79 Å². The van der Waals surface area contributed by atoms with Gasteiger partial charge in [-0.1, -0.05) is 13.8 Å². The zero-order valence-corrected chi connectivity index (χ0v) is 10.7. The van der Waals surface area contributed by atoms with E-state index in [1.165, 1.54) is 6.07 Å². The van der Waals surface area contributed by atoms with E-state index in [1.54, 1.807) is 26.0 Å². The molecule has 0 aromatic heterocycles. The normalized spacial score (nSPS) is 14.3. The third-order valence-corrected chi connectivity index (χ3v) is 2.85. The van der Waals surface area contributed by atoms with E-state index in [0.29, 0.717) is 17.1 Å². The Labute approximate surface area is 110 Å². The Bertz CT molecular complexity index is 512. The molecule has 1 aliphatic rings. The summed E-state index contributed by atoms with van der Waals surface area (Å²) >= 11 is 0. The highest BCUT2D eigenvalue weighted by molar-refractivity contribution is 5.97. The monoisotopic (exact) mass is 265 g/mol. The molecule has 1 heterocycles. The molecule has 0 saturated carbocycles. The fourth-order valence-electron chi connectivity index (χ4n) is 1.78. The summed E-state index contributed by atoms with van der Waals surface area (Å²) in [5.41, 5.74) is 0.344. The van der Waals surface area contributed by atoms with E-state index >= 15 is 0 Å². The maximum Gasteiger partial charge on any atom is 0.326 e. The first kappa shape index (κ1) is 13.2. The minimum atomic E-state index is -1.05. The number of carboxylic acid groups (broad SMARTS) is 1. The van der Waals surface area contributed by atoms with Crippen LogP contribution < -0.4 is 14.8 Å². The van der Waals surface area contributed by atoms with Gasteiger partial charge in [-0.2, -0.15) is 0 Å². The Morgan fingerprint density at radius 1 is 1.26 bits per heavy atom. The Morgan fingerprint density at radius 3 is 2.58 bits per heavy atom. The number of amides is 1.